The molecule has 1 fully saturated rings. The summed E-state index contributed by atoms with van der Waals surface area (Å²) in [7, 11) is 0. The number of ether oxygens (including phenoxy) is 1. The Balaban J connectivity index is 1.79. The highest BCUT2D eigenvalue weighted by Gasteiger charge is 2.28. The fraction of sp³-hybridized carbons (Fsp3) is 0.312. The van der Waals surface area contributed by atoms with E-state index < -0.39 is 16.9 Å². The van der Waals surface area contributed by atoms with Crippen molar-refractivity contribution in [3.05, 3.63) is 39.9 Å². The van der Waals surface area contributed by atoms with Gasteiger partial charge in [-0.25, -0.2) is 4.98 Å². The number of nitro groups is 1. The van der Waals surface area contributed by atoms with Crippen molar-refractivity contribution in [2.24, 2.45) is 5.73 Å². The molecule has 0 radical (unpaired) electrons. The van der Waals surface area contributed by atoms with Crippen LogP contribution in [0.1, 0.15) is 18.4 Å². The highest BCUT2D eigenvalue weighted by molar-refractivity contribution is 5.88. The number of nitrogens with one attached hydrogen (secondary N) is 1. The first kappa shape index (κ1) is 16.6. The van der Waals surface area contributed by atoms with Crippen molar-refractivity contribution < 1.29 is 14.5 Å². The largest absolute Gasteiger partial charge is 0.367 e. The van der Waals surface area contributed by atoms with Crippen LogP contribution in [0.3, 0.4) is 0 Å². The van der Waals surface area contributed by atoms with Gasteiger partial charge in [0, 0.05) is 24.1 Å². The molecule has 1 aliphatic rings. The number of hydrogen-bond donors (Lipinski definition) is 2. The van der Waals surface area contributed by atoms with Gasteiger partial charge in [0.05, 0.1) is 28.2 Å². The average Bonchev–Trinajstić information content (AvgIpc) is 3.08. The number of amides is 1. The molecule has 1 aromatic heterocycles. The summed E-state index contributed by atoms with van der Waals surface area (Å²) in [6, 6.07) is 7.75. The number of primary amides is 1. The minimum Gasteiger partial charge on any atom is -0.367 e. The van der Waals surface area contributed by atoms with E-state index in [4.69, 9.17) is 10.5 Å². The quantitative estimate of drug-likeness (QED) is 0.618. The Morgan fingerprint density at radius 2 is 2.28 bits per heavy atom. The highest BCUT2D eigenvalue weighted by atomic mass is 16.6. The summed E-state index contributed by atoms with van der Waals surface area (Å²) >= 11 is 0. The maximum Gasteiger partial charge on any atom is 0.270 e. The number of pyridine rings is 1. The van der Waals surface area contributed by atoms with Crippen LogP contribution in [0.4, 0.5) is 11.5 Å². The van der Waals surface area contributed by atoms with Gasteiger partial charge in [-0.3, -0.25) is 14.9 Å². The van der Waals surface area contributed by atoms with Gasteiger partial charge >= 0.3 is 0 Å². The molecule has 0 spiro atoms. The molecule has 0 bridgehead atoms. The van der Waals surface area contributed by atoms with Crippen molar-refractivity contribution in [2.45, 2.75) is 25.0 Å². The number of fused-ring (bicyclic) bond motifs is 1. The second kappa shape index (κ2) is 6.70. The van der Waals surface area contributed by atoms with Gasteiger partial charge in [-0.15, -0.1) is 0 Å². The number of nitro benzene ring substituents is 1. The van der Waals surface area contributed by atoms with Crippen LogP contribution >= 0.6 is 0 Å². The van der Waals surface area contributed by atoms with Gasteiger partial charge in [-0.1, -0.05) is 0 Å². The number of hydrogen-bond acceptors (Lipinski definition) is 7. The van der Waals surface area contributed by atoms with E-state index in [2.05, 4.69) is 10.3 Å². The van der Waals surface area contributed by atoms with E-state index >= 15 is 0 Å². The maximum atomic E-state index is 11.1. The molecule has 1 amide bonds. The third kappa shape index (κ3) is 3.49. The third-order valence-electron chi connectivity index (χ3n) is 4.06. The van der Waals surface area contributed by atoms with Crippen LogP contribution in [-0.4, -0.2) is 34.6 Å². The minimum absolute atomic E-state index is 0.0941. The SMILES string of the molecule is N#Cc1cc(NCC2CCC(C(N)=O)O2)nc2ccc([N+](=O)[O-])cc12. The molecule has 2 unspecified atom stereocenters. The van der Waals surface area contributed by atoms with Crippen LogP contribution in [0.2, 0.25) is 0 Å². The van der Waals surface area contributed by atoms with Crippen molar-refractivity contribution in [1.82, 2.24) is 4.98 Å². The first-order chi connectivity index (χ1) is 12.0. The zero-order chi connectivity index (χ0) is 18.0. The molecule has 3 rings (SSSR count). The summed E-state index contributed by atoms with van der Waals surface area (Å²) in [5.41, 5.74) is 5.90. The number of non-ortho nitro benzene ring substituents is 1. The van der Waals surface area contributed by atoms with E-state index in [1.165, 1.54) is 24.3 Å². The molecule has 2 atom stereocenters. The van der Waals surface area contributed by atoms with Crippen LogP contribution in [0.25, 0.3) is 10.9 Å². The minimum atomic E-state index is -0.563. The predicted molar refractivity (Wildman–Crippen MR) is 88.7 cm³/mol. The number of rotatable bonds is 5. The lowest BCUT2D eigenvalue weighted by Crippen LogP contribution is -2.30. The van der Waals surface area contributed by atoms with Crippen molar-refractivity contribution >= 4 is 28.3 Å². The van der Waals surface area contributed by atoms with E-state index in [-0.39, 0.29) is 11.8 Å². The van der Waals surface area contributed by atoms with Crippen LogP contribution < -0.4 is 11.1 Å². The molecule has 1 saturated heterocycles. The molecule has 128 valence electrons. The van der Waals surface area contributed by atoms with Gasteiger partial charge < -0.3 is 15.8 Å². The first-order valence-corrected chi connectivity index (χ1v) is 7.66. The Morgan fingerprint density at radius 1 is 1.48 bits per heavy atom. The molecular formula is C16H15N5O4. The van der Waals surface area contributed by atoms with E-state index in [0.717, 1.165) is 0 Å². The second-order valence-corrected chi connectivity index (χ2v) is 5.73. The molecule has 0 aliphatic carbocycles. The zero-order valence-corrected chi connectivity index (χ0v) is 13.1. The van der Waals surface area contributed by atoms with Gasteiger partial charge in [-0.2, -0.15) is 5.26 Å². The smallest absolute Gasteiger partial charge is 0.270 e. The lowest BCUT2D eigenvalue weighted by Gasteiger charge is -2.13. The van der Waals surface area contributed by atoms with Crippen LogP contribution in [0.15, 0.2) is 24.3 Å². The van der Waals surface area contributed by atoms with Crippen molar-refractivity contribution in [3.8, 4) is 6.07 Å². The first-order valence-electron chi connectivity index (χ1n) is 7.66. The van der Waals surface area contributed by atoms with E-state index in [0.29, 0.717) is 41.7 Å². The van der Waals surface area contributed by atoms with Crippen molar-refractivity contribution in [1.29, 1.82) is 5.26 Å². The summed E-state index contributed by atoms with van der Waals surface area (Å²) in [6.45, 7) is 0.417. The zero-order valence-electron chi connectivity index (χ0n) is 13.1. The number of aromatic nitrogens is 1. The van der Waals surface area contributed by atoms with Gasteiger partial charge in [0.2, 0.25) is 5.91 Å². The Bertz CT molecular complexity index is 892. The molecule has 3 N–H and O–H groups in total. The van der Waals surface area contributed by atoms with Crippen molar-refractivity contribution in [3.63, 3.8) is 0 Å². The van der Waals surface area contributed by atoms with Gasteiger partial charge in [0.25, 0.3) is 5.69 Å². The molecule has 1 aromatic carbocycles. The second-order valence-electron chi connectivity index (χ2n) is 5.73. The summed E-state index contributed by atoms with van der Waals surface area (Å²) in [5, 5.41) is 23.7. The van der Waals surface area contributed by atoms with Gasteiger partial charge in [-0.05, 0) is 25.0 Å². The normalized spacial score (nSPS) is 19.5. The topological polar surface area (TPSA) is 144 Å². The molecule has 9 heteroatoms. The molecule has 9 nitrogen and oxygen atoms in total. The molecule has 25 heavy (non-hydrogen) atoms. The van der Waals surface area contributed by atoms with E-state index in [1.54, 1.807) is 0 Å². The fourth-order valence-electron chi connectivity index (χ4n) is 2.79. The van der Waals surface area contributed by atoms with E-state index in [9.17, 15) is 20.2 Å². The maximum absolute atomic E-state index is 11.1. The Kier molecular flexibility index (Phi) is 4.45. The monoisotopic (exact) mass is 341 g/mol. The number of nitriles is 1. The summed E-state index contributed by atoms with van der Waals surface area (Å²) in [4.78, 5) is 25.8. The predicted octanol–water partition coefficient (Wildman–Crippen LogP) is 1.46. The summed E-state index contributed by atoms with van der Waals surface area (Å²) in [5.74, 6) is -0.0104. The highest BCUT2D eigenvalue weighted by Crippen LogP contribution is 2.25. The van der Waals surface area contributed by atoms with Crippen molar-refractivity contribution in [2.75, 3.05) is 11.9 Å². The Labute approximate surface area is 142 Å². The van der Waals surface area contributed by atoms with Gasteiger partial charge in [0.1, 0.15) is 11.9 Å². The Morgan fingerprint density at radius 3 is 2.92 bits per heavy atom. The lowest BCUT2D eigenvalue weighted by molar-refractivity contribution is -0.384. The molecule has 2 aromatic rings. The van der Waals surface area contributed by atoms with Crippen LogP contribution in [0.5, 0.6) is 0 Å². The Hall–Kier alpha value is -3.25. The lowest BCUT2D eigenvalue weighted by atomic mass is 10.1. The summed E-state index contributed by atoms with van der Waals surface area (Å²) in [6.07, 6.45) is 0.551. The third-order valence-corrected chi connectivity index (χ3v) is 4.06. The number of nitrogens with zero attached hydrogens (tertiary/aromatic N) is 3. The average molecular weight is 341 g/mol. The number of anilines is 1. The standard InChI is InChI=1S/C16H15N5O4/c17-7-9-5-15(19-8-11-2-4-14(25-11)16(18)22)20-13-3-1-10(21(23)24)6-12(9)13/h1,3,5-6,11,14H,2,4,8H2,(H2,18,22)(H,19,20). The number of carbonyl (C=O) groups is 1. The molecular weight excluding hydrogens is 326 g/mol. The van der Waals surface area contributed by atoms with E-state index in [1.807, 2.05) is 6.07 Å². The number of benzene rings is 1. The van der Waals surface area contributed by atoms with Crippen LogP contribution in [-0.2, 0) is 9.53 Å². The number of carbonyl (C=O) groups excluding carboxylic acids is 1. The fourth-order valence-corrected chi connectivity index (χ4v) is 2.79. The summed E-state index contributed by atoms with van der Waals surface area (Å²) < 4.78 is 5.53. The number of nitrogens with two attached hydrogens (primary N) is 1. The van der Waals surface area contributed by atoms with Gasteiger partial charge in [0.15, 0.2) is 0 Å². The molecule has 0 saturated carbocycles. The molecule has 2 heterocycles. The molecule has 1 aliphatic heterocycles. The van der Waals surface area contributed by atoms with Crippen LogP contribution in [0, 0.1) is 21.4 Å².